The van der Waals surface area contributed by atoms with Crippen molar-refractivity contribution in [1.82, 2.24) is 10.2 Å². The Morgan fingerprint density at radius 1 is 1.40 bits per heavy atom. The van der Waals surface area contributed by atoms with Crippen molar-refractivity contribution < 1.29 is 14.7 Å². The largest absolute Gasteiger partial charge is 0.480 e. The maximum Gasteiger partial charge on any atom is 0.325 e. The van der Waals surface area contributed by atoms with Crippen LogP contribution >= 0.6 is 0 Å². The summed E-state index contributed by atoms with van der Waals surface area (Å²) in [5, 5.41) is 12.3. The summed E-state index contributed by atoms with van der Waals surface area (Å²) in [6.45, 7) is 4.47. The van der Waals surface area contributed by atoms with Gasteiger partial charge in [0, 0.05) is 12.6 Å². The average Bonchev–Trinajstić information content (AvgIpc) is 2.36. The Morgan fingerprint density at radius 3 is 2.75 bits per heavy atom. The molecule has 0 bridgehead atoms. The molecule has 1 aliphatic rings. The number of amides is 1. The Bertz CT molecular complexity index is 514. The number of fused-ring (bicyclic) bond motifs is 1. The fourth-order valence-electron chi connectivity index (χ4n) is 2.63. The summed E-state index contributed by atoms with van der Waals surface area (Å²) in [5.41, 5.74) is 1.85. The minimum atomic E-state index is -0.908. The molecule has 0 radical (unpaired) electrons. The lowest BCUT2D eigenvalue weighted by Gasteiger charge is -2.34. The molecule has 2 rings (SSSR count). The molecule has 0 saturated carbocycles. The molecule has 1 unspecified atom stereocenters. The third-order valence-electron chi connectivity index (χ3n) is 3.41. The third kappa shape index (κ3) is 3.17. The first-order valence-corrected chi connectivity index (χ1v) is 6.83. The van der Waals surface area contributed by atoms with E-state index in [-0.39, 0.29) is 18.5 Å². The molecule has 0 spiro atoms. The van der Waals surface area contributed by atoms with Gasteiger partial charge in [-0.15, -0.1) is 0 Å². The van der Waals surface area contributed by atoms with E-state index in [4.69, 9.17) is 0 Å². The van der Waals surface area contributed by atoms with E-state index in [0.29, 0.717) is 6.54 Å². The van der Waals surface area contributed by atoms with E-state index in [2.05, 4.69) is 5.32 Å². The van der Waals surface area contributed by atoms with E-state index < -0.39 is 12.0 Å². The smallest absolute Gasteiger partial charge is 0.325 e. The molecule has 0 fully saturated rings. The first-order chi connectivity index (χ1) is 9.49. The lowest BCUT2D eigenvalue weighted by Crippen LogP contribution is -2.46. The lowest BCUT2D eigenvalue weighted by atomic mass is 9.92. The molecule has 1 aliphatic heterocycles. The van der Waals surface area contributed by atoms with Gasteiger partial charge in [-0.3, -0.25) is 14.5 Å². The van der Waals surface area contributed by atoms with Crippen LogP contribution in [0, 0.1) is 0 Å². The van der Waals surface area contributed by atoms with Gasteiger partial charge in [0.15, 0.2) is 0 Å². The van der Waals surface area contributed by atoms with Gasteiger partial charge in [-0.2, -0.15) is 0 Å². The van der Waals surface area contributed by atoms with Gasteiger partial charge in [0.25, 0.3) is 0 Å². The van der Waals surface area contributed by atoms with Gasteiger partial charge in [0.1, 0.15) is 6.04 Å². The molecule has 1 atom stereocenters. The van der Waals surface area contributed by atoms with Gasteiger partial charge in [0.2, 0.25) is 5.91 Å². The minimum Gasteiger partial charge on any atom is -0.480 e. The number of aliphatic carboxylic acids is 1. The molecule has 2 N–H and O–H groups in total. The Balaban J connectivity index is 2.18. The standard InChI is InChI=1S/C15H20N2O3/c1-10(2)16-13(18)9-17-8-7-11-5-3-4-6-12(11)14(17)15(19)20/h3-6,10,14H,7-9H2,1-2H3,(H,16,18)(H,19,20). The predicted octanol–water partition coefficient (Wildman–Crippen LogP) is 1.19. The highest BCUT2D eigenvalue weighted by molar-refractivity contribution is 5.81. The Morgan fingerprint density at radius 2 is 2.10 bits per heavy atom. The summed E-state index contributed by atoms with van der Waals surface area (Å²) >= 11 is 0. The normalized spacial score (nSPS) is 18.6. The molecule has 0 saturated heterocycles. The van der Waals surface area contributed by atoms with Crippen molar-refractivity contribution in [3.8, 4) is 0 Å². The minimum absolute atomic E-state index is 0.0582. The van der Waals surface area contributed by atoms with Crippen LogP contribution in [0.25, 0.3) is 0 Å². The van der Waals surface area contributed by atoms with E-state index in [0.717, 1.165) is 17.5 Å². The van der Waals surface area contributed by atoms with Crippen molar-refractivity contribution in [3.05, 3.63) is 35.4 Å². The molecule has 0 aliphatic carbocycles. The van der Waals surface area contributed by atoms with Gasteiger partial charge in [-0.25, -0.2) is 0 Å². The number of carboxylic acids is 1. The highest BCUT2D eigenvalue weighted by Gasteiger charge is 2.33. The molecule has 0 aromatic heterocycles. The lowest BCUT2D eigenvalue weighted by molar-refractivity contribution is -0.144. The number of carbonyl (C=O) groups excluding carboxylic acids is 1. The summed E-state index contributed by atoms with van der Waals surface area (Å²) in [7, 11) is 0. The molecule has 5 heteroatoms. The van der Waals surface area contributed by atoms with Crippen molar-refractivity contribution in [1.29, 1.82) is 0 Å². The maximum absolute atomic E-state index is 11.9. The van der Waals surface area contributed by atoms with E-state index in [9.17, 15) is 14.7 Å². The number of nitrogens with one attached hydrogen (secondary N) is 1. The second-order valence-corrected chi connectivity index (χ2v) is 5.38. The molecular formula is C15H20N2O3. The topological polar surface area (TPSA) is 69.6 Å². The van der Waals surface area contributed by atoms with Gasteiger partial charge in [0.05, 0.1) is 6.54 Å². The second-order valence-electron chi connectivity index (χ2n) is 5.38. The summed E-state index contributed by atoms with van der Waals surface area (Å²) in [6, 6.07) is 6.86. The van der Waals surface area contributed by atoms with Gasteiger partial charge in [-0.1, -0.05) is 24.3 Å². The zero-order valence-electron chi connectivity index (χ0n) is 11.8. The van der Waals surface area contributed by atoms with Gasteiger partial charge in [-0.05, 0) is 31.4 Å². The fourth-order valence-corrected chi connectivity index (χ4v) is 2.63. The quantitative estimate of drug-likeness (QED) is 0.867. The maximum atomic E-state index is 11.9. The Hall–Kier alpha value is -1.88. The van der Waals surface area contributed by atoms with Crippen LogP contribution < -0.4 is 5.32 Å². The number of benzene rings is 1. The number of carbonyl (C=O) groups is 2. The van der Waals surface area contributed by atoms with Gasteiger partial charge < -0.3 is 10.4 Å². The van der Waals surface area contributed by atoms with Crippen LogP contribution in [-0.4, -0.2) is 41.0 Å². The predicted molar refractivity (Wildman–Crippen MR) is 75.4 cm³/mol. The zero-order chi connectivity index (χ0) is 14.7. The SMILES string of the molecule is CC(C)NC(=O)CN1CCc2ccccc2C1C(=O)O. The van der Waals surface area contributed by atoms with Gasteiger partial charge >= 0.3 is 5.97 Å². The highest BCUT2D eigenvalue weighted by Crippen LogP contribution is 2.29. The third-order valence-corrected chi connectivity index (χ3v) is 3.41. The van der Waals surface area contributed by atoms with E-state index in [1.165, 1.54) is 0 Å². The van der Waals surface area contributed by atoms with Crippen LogP contribution in [0.4, 0.5) is 0 Å². The van der Waals surface area contributed by atoms with Crippen molar-refractivity contribution in [2.24, 2.45) is 0 Å². The first-order valence-electron chi connectivity index (χ1n) is 6.83. The Kier molecular flexibility index (Phi) is 4.39. The van der Waals surface area contributed by atoms with Crippen molar-refractivity contribution >= 4 is 11.9 Å². The first kappa shape index (κ1) is 14.5. The fraction of sp³-hybridized carbons (Fsp3) is 0.467. The van der Waals surface area contributed by atoms with E-state index in [1.807, 2.05) is 38.1 Å². The molecule has 5 nitrogen and oxygen atoms in total. The molecular weight excluding hydrogens is 256 g/mol. The number of hydrogen-bond donors (Lipinski definition) is 2. The van der Waals surface area contributed by atoms with Crippen LogP contribution in [-0.2, 0) is 16.0 Å². The molecule has 1 heterocycles. The second kappa shape index (κ2) is 6.05. The molecule has 108 valence electrons. The number of carboxylic acid groups (broad SMARTS) is 1. The highest BCUT2D eigenvalue weighted by atomic mass is 16.4. The molecule has 1 aromatic carbocycles. The Labute approximate surface area is 118 Å². The van der Waals surface area contributed by atoms with Crippen LogP contribution in [0.5, 0.6) is 0 Å². The van der Waals surface area contributed by atoms with Crippen LogP contribution in [0.2, 0.25) is 0 Å². The van der Waals surface area contributed by atoms with Crippen LogP contribution in [0.3, 0.4) is 0 Å². The summed E-state index contributed by atoms with van der Waals surface area (Å²) in [4.78, 5) is 25.1. The molecule has 1 aromatic rings. The van der Waals surface area contributed by atoms with Crippen molar-refractivity contribution in [2.45, 2.75) is 32.4 Å². The van der Waals surface area contributed by atoms with Crippen LogP contribution in [0.15, 0.2) is 24.3 Å². The monoisotopic (exact) mass is 276 g/mol. The van der Waals surface area contributed by atoms with Crippen molar-refractivity contribution in [3.63, 3.8) is 0 Å². The summed E-state index contributed by atoms with van der Waals surface area (Å²) < 4.78 is 0. The van der Waals surface area contributed by atoms with E-state index >= 15 is 0 Å². The molecule has 20 heavy (non-hydrogen) atoms. The number of nitrogens with zero attached hydrogens (tertiary/aromatic N) is 1. The zero-order valence-corrected chi connectivity index (χ0v) is 11.8. The number of hydrogen-bond acceptors (Lipinski definition) is 3. The molecule has 1 amide bonds. The summed E-state index contributed by atoms with van der Waals surface area (Å²) in [5.74, 6) is -1.04. The van der Waals surface area contributed by atoms with Crippen LogP contribution in [0.1, 0.15) is 31.0 Å². The summed E-state index contributed by atoms with van der Waals surface area (Å²) in [6.07, 6.45) is 0.773. The average molecular weight is 276 g/mol. The number of rotatable bonds is 4. The van der Waals surface area contributed by atoms with E-state index in [1.54, 1.807) is 4.90 Å². The van der Waals surface area contributed by atoms with Crippen molar-refractivity contribution in [2.75, 3.05) is 13.1 Å².